The van der Waals surface area contributed by atoms with Gasteiger partial charge in [-0.15, -0.1) is 13.2 Å². The Labute approximate surface area is 96.2 Å². The zero-order chi connectivity index (χ0) is 11.3. The van der Waals surface area contributed by atoms with Crippen LogP contribution in [0.15, 0.2) is 49.6 Å². The highest BCUT2D eigenvalue weighted by molar-refractivity contribution is 6.30. The van der Waals surface area contributed by atoms with Crippen LogP contribution in [0.2, 0.25) is 5.02 Å². The van der Waals surface area contributed by atoms with Crippen molar-refractivity contribution in [3.63, 3.8) is 0 Å². The summed E-state index contributed by atoms with van der Waals surface area (Å²) in [6, 6.07) is 7.63. The first-order valence-electron chi connectivity index (χ1n) is 4.89. The number of hydrogen-bond acceptors (Lipinski definition) is 1. The Morgan fingerprint density at radius 2 is 1.87 bits per heavy atom. The standard InChI is InChI=1S/C13H16ClN/c1-3-8-13(15,9-4-2)11-6-5-7-12(14)10-11/h3-7,10H,1-2,8-9,15H2. The van der Waals surface area contributed by atoms with Gasteiger partial charge in [0.2, 0.25) is 0 Å². The van der Waals surface area contributed by atoms with Gasteiger partial charge in [-0.2, -0.15) is 0 Å². The molecule has 2 N–H and O–H groups in total. The molecule has 0 heterocycles. The highest BCUT2D eigenvalue weighted by Gasteiger charge is 2.24. The highest BCUT2D eigenvalue weighted by atomic mass is 35.5. The number of nitrogens with two attached hydrogens (primary N) is 1. The van der Waals surface area contributed by atoms with Crippen molar-refractivity contribution in [2.75, 3.05) is 0 Å². The summed E-state index contributed by atoms with van der Waals surface area (Å²) in [4.78, 5) is 0. The van der Waals surface area contributed by atoms with E-state index in [0.717, 1.165) is 5.56 Å². The average molecular weight is 222 g/mol. The van der Waals surface area contributed by atoms with E-state index in [4.69, 9.17) is 17.3 Å². The maximum absolute atomic E-state index is 6.31. The van der Waals surface area contributed by atoms with Gasteiger partial charge < -0.3 is 5.73 Å². The van der Waals surface area contributed by atoms with E-state index in [-0.39, 0.29) is 0 Å². The Morgan fingerprint density at radius 1 is 1.27 bits per heavy atom. The minimum absolute atomic E-state index is 0.436. The first kappa shape index (κ1) is 12.0. The lowest BCUT2D eigenvalue weighted by Crippen LogP contribution is -2.35. The molecule has 0 fully saturated rings. The van der Waals surface area contributed by atoms with Gasteiger partial charge in [-0.05, 0) is 30.5 Å². The number of benzene rings is 1. The summed E-state index contributed by atoms with van der Waals surface area (Å²) >= 11 is 5.94. The van der Waals surface area contributed by atoms with E-state index in [9.17, 15) is 0 Å². The van der Waals surface area contributed by atoms with Crippen LogP contribution in [0.1, 0.15) is 18.4 Å². The topological polar surface area (TPSA) is 26.0 Å². The van der Waals surface area contributed by atoms with Gasteiger partial charge in [0.05, 0.1) is 0 Å². The summed E-state index contributed by atoms with van der Waals surface area (Å²) in [7, 11) is 0. The SMILES string of the molecule is C=CCC(N)(CC=C)c1cccc(Cl)c1. The van der Waals surface area contributed by atoms with Gasteiger partial charge in [-0.3, -0.25) is 0 Å². The van der Waals surface area contributed by atoms with Crippen molar-refractivity contribution in [3.05, 3.63) is 60.2 Å². The van der Waals surface area contributed by atoms with Crippen LogP contribution in [0, 0.1) is 0 Å². The summed E-state index contributed by atoms with van der Waals surface area (Å²) in [5.41, 5.74) is 6.89. The molecule has 0 spiro atoms. The van der Waals surface area contributed by atoms with Crippen molar-refractivity contribution in [1.29, 1.82) is 0 Å². The summed E-state index contributed by atoms with van der Waals surface area (Å²) in [6.45, 7) is 7.46. The molecular formula is C13H16ClN. The summed E-state index contributed by atoms with van der Waals surface area (Å²) in [5, 5.41) is 0.704. The van der Waals surface area contributed by atoms with Crippen LogP contribution in [-0.4, -0.2) is 0 Å². The van der Waals surface area contributed by atoms with Gasteiger partial charge in [0.15, 0.2) is 0 Å². The zero-order valence-electron chi connectivity index (χ0n) is 8.75. The van der Waals surface area contributed by atoms with Crippen molar-refractivity contribution in [3.8, 4) is 0 Å². The van der Waals surface area contributed by atoms with E-state index in [0.29, 0.717) is 17.9 Å². The van der Waals surface area contributed by atoms with E-state index in [1.165, 1.54) is 0 Å². The van der Waals surface area contributed by atoms with Gasteiger partial charge in [-0.25, -0.2) is 0 Å². The molecule has 0 unspecified atom stereocenters. The predicted octanol–water partition coefficient (Wildman–Crippen LogP) is 3.65. The maximum Gasteiger partial charge on any atom is 0.0479 e. The second-order valence-corrected chi connectivity index (χ2v) is 4.09. The molecule has 0 aliphatic carbocycles. The quantitative estimate of drug-likeness (QED) is 0.755. The highest BCUT2D eigenvalue weighted by Crippen LogP contribution is 2.28. The first-order chi connectivity index (χ1) is 7.12. The van der Waals surface area contributed by atoms with Gasteiger partial charge in [-0.1, -0.05) is 35.9 Å². The summed E-state index contributed by atoms with van der Waals surface area (Å²) < 4.78 is 0. The van der Waals surface area contributed by atoms with Crippen LogP contribution in [0.3, 0.4) is 0 Å². The minimum Gasteiger partial charge on any atom is -0.321 e. The Morgan fingerprint density at radius 3 is 2.33 bits per heavy atom. The van der Waals surface area contributed by atoms with Crippen LogP contribution < -0.4 is 5.73 Å². The van der Waals surface area contributed by atoms with Gasteiger partial charge >= 0.3 is 0 Å². The second kappa shape index (κ2) is 5.15. The summed E-state index contributed by atoms with van der Waals surface area (Å²) in [5.74, 6) is 0. The molecule has 2 heteroatoms. The molecule has 0 saturated heterocycles. The monoisotopic (exact) mass is 221 g/mol. The predicted molar refractivity (Wildman–Crippen MR) is 66.9 cm³/mol. The molecule has 0 amide bonds. The molecule has 0 atom stereocenters. The lowest BCUT2D eigenvalue weighted by molar-refractivity contribution is 0.456. The van der Waals surface area contributed by atoms with Crippen molar-refractivity contribution < 1.29 is 0 Å². The molecule has 0 aliphatic rings. The molecule has 15 heavy (non-hydrogen) atoms. The molecule has 0 saturated carbocycles. The molecular weight excluding hydrogens is 206 g/mol. The van der Waals surface area contributed by atoms with Crippen molar-refractivity contribution in [2.45, 2.75) is 18.4 Å². The van der Waals surface area contributed by atoms with Crippen molar-refractivity contribution in [1.82, 2.24) is 0 Å². The number of halogens is 1. The third-order valence-corrected chi connectivity index (χ3v) is 2.65. The lowest BCUT2D eigenvalue weighted by Gasteiger charge is -2.27. The van der Waals surface area contributed by atoms with Crippen LogP contribution in [-0.2, 0) is 5.54 Å². The third-order valence-electron chi connectivity index (χ3n) is 2.42. The van der Waals surface area contributed by atoms with Gasteiger partial charge in [0, 0.05) is 10.6 Å². The molecule has 0 aliphatic heterocycles. The lowest BCUT2D eigenvalue weighted by atomic mass is 9.85. The minimum atomic E-state index is -0.436. The fourth-order valence-corrected chi connectivity index (χ4v) is 1.82. The molecule has 80 valence electrons. The van der Waals surface area contributed by atoms with Crippen LogP contribution in [0.25, 0.3) is 0 Å². The van der Waals surface area contributed by atoms with Crippen LogP contribution in [0.5, 0.6) is 0 Å². The Kier molecular flexibility index (Phi) is 4.13. The second-order valence-electron chi connectivity index (χ2n) is 3.65. The van der Waals surface area contributed by atoms with Crippen LogP contribution >= 0.6 is 11.6 Å². The summed E-state index contributed by atoms with van der Waals surface area (Å²) in [6.07, 6.45) is 5.06. The smallest absolute Gasteiger partial charge is 0.0479 e. The van der Waals surface area contributed by atoms with Crippen LogP contribution in [0.4, 0.5) is 0 Å². The average Bonchev–Trinajstić information content (AvgIpc) is 2.18. The largest absolute Gasteiger partial charge is 0.321 e. The van der Waals surface area contributed by atoms with Gasteiger partial charge in [0.25, 0.3) is 0 Å². The molecule has 0 radical (unpaired) electrons. The van der Waals surface area contributed by atoms with E-state index >= 15 is 0 Å². The number of hydrogen-bond donors (Lipinski definition) is 1. The van der Waals surface area contributed by atoms with E-state index in [2.05, 4.69) is 13.2 Å². The Balaban J connectivity index is 3.07. The first-order valence-corrected chi connectivity index (χ1v) is 5.27. The van der Waals surface area contributed by atoms with Gasteiger partial charge in [0.1, 0.15) is 0 Å². The molecule has 1 rings (SSSR count). The number of rotatable bonds is 5. The molecule has 1 aromatic carbocycles. The van der Waals surface area contributed by atoms with E-state index < -0.39 is 5.54 Å². The Hall–Kier alpha value is -1.05. The maximum atomic E-state index is 6.31. The zero-order valence-corrected chi connectivity index (χ0v) is 9.50. The molecule has 1 nitrogen and oxygen atoms in total. The van der Waals surface area contributed by atoms with Crippen molar-refractivity contribution in [2.24, 2.45) is 5.73 Å². The molecule has 0 bridgehead atoms. The fourth-order valence-electron chi connectivity index (χ4n) is 1.63. The third kappa shape index (κ3) is 2.95. The fraction of sp³-hybridized carbons (Fsp3) is 0.231. The molecule has 0 aromatic heterocycles. The van der Waals surface area contributed by atoms with E-state index in [1.807, 2.05) is 36.4 Å². The van der Waals surface area contributed by atoms with Crippen molar-refractivity contribution >= 4 is 11.6 Å². The Bertz CT molecular complexity index is 347. The molecule has 1 aromatic rings. The van der Waals surface area contributed by atoms with E-state index in [1.54, 1.807) is 0 Å². The normalized spacial score (nSPS) is 11.1.